The number of hydrogen-bond donors (Lipinski definition) is 0. The summed E-state index contributed by atoms with van der Waals surface area (Å²) in [7, 11) is 0. The first-order chi connectivity index (χ1) is 13.7. The van der Waals surface area contributed by atoms with E-state index < -0.39 is 0 Å². The van der Waals surface area contributed by atoms with E-state index in [1.54, 1.807) is 0 Å². The van der Waals surface area contributed by atoms with Crippen LogP contribution in [0.3, 0.4) is 0 Å². The molecule has 0 bridgehead atoms. The van der Waals surface area contributed by atoms with Gasteiger partial charge >= 0.3 is 0 Å². The van der Waals surface area contributed by atoms with Crippen LogP contribution in [0.1, 0.15) is 50.3 Å². The van der Waals surface area contributed by atoms with Crippen LogP contribution in [0.4, 0.5) is 0 Å². The molecule has 0 saturated carbocycles. The Morgan fingerprint density at radius 2 is 1.68 bits per heavy atom. The molecule has 0 radical (unpaired) electrons. The Bertz CT molecular complexity index is 1030. The highest BCUT2D eigenvalue weighted by Gasteiger charge is 2.39. The summed E-state index contributed by atoms with van der Waals surface area (Å²) in [5.41, 5.74) is 8.03. The minimum Gasteiger partial charge on any atom is -0.313 e. The van der Waals surface area contributed by atoms with Crippen molar-refractivity contribution in [2.75, 3.05) is 0 Å². The number of rotatable bonds is 2. The smallest absolute Gasteiger partial charge is 0.174 e. The van der Waals surface area contributed by atoms with Crippen LogP contribution in [-0.4, -0.2) is 10.1 Å². The summed E-state index contributed by atoms with van der Waals surface area (Å²) in [5, 5.41) is 1.13. The summed E-state index contributed by atoms with van der Waals surface area (Å²) in [6.07, 6.45) is 5.74. The van der Waals surface area contributed by atoms with Gasteiger partial charge in [-0.2, -0.15) is 0 Å². The van der Waals surface area contributed by atoms with Gasteiger partial charge in [-0.3, -0.25) is 0 Å². The Morgan fingerprint density at radius 1 is 0.964 bits per heavy atom. The third-order valence-corrected chi connectivity index (χ3v) is 6.95. The maximum atomic E-state index is 5.20. The largest absolute Gasteiger partial charge is 0.313 e. The minimum absolute atomic E-state index is 0.258. The number of thioether (sulfide) groups is 1. The molecule has 2 nitrogen and oxygen atoms in total. The third-order valence-electron chi connectivity index (χ3n) is 5.87. The molecule has 1 atom stereocenters. The fourth-order valence-electron chi connectivity index (χ4n) is 4.40. The van der Waals surface area contributed by atoms with E-state index in [4.69, 9.17) is 4.99 Å². The molecule has 0 fully saturated rings. The molecular formula is C25H24N2S. The lowest BCUT2D eigenvalue weighted by Gasteiger charge is -2.39. The molecule has 0 saturated heterocycles. The van der Waals surface area contributed by atoms with Crippen molar-refractivity contribution in [3.63, 3.8) is 0 Å². The highest BCUT2D eigenvalue weighted by atomic mass is 32.2. The van der Waals surface area contributed by atoms with Crippen molar-refractivity contribution >= 4 is 23.0 Å². The topological polar surface area (TPSA) is 15.6 Å². The highest BCUT2D eigenvalue weighted by molar-refractivity contribution is 8.17. The van der Waals surface area contributed by atoms with Crippen molar-refractivity contribution in [3.8, 4) is 0 Å². The Labute approximate surface area is 171 Å². The van der Waals surface area contributed by atoms with Gasteiger partial charge in [0, 0.05) is 10.6 Å². The first-order valence-electron chi connectivity index (χ1n) is 9.99. The fraction of sp³-hybridized carbons (Fsp3) is 0.240. The number of nitrogens with zero attached hydrogens (tertiary/aromatic N) is 2. The zero-order chi connectivity index (χ0) is 19.1. The molecule has 2 aliphatic heterocycles. The second-order valence-corrected chi connectivity index (χ2v) is 8.81. The van der Waals surface area contributed by atoms with Crippen LogP contribution in [0.25, 0.3) is 6.08 Å². The summed E-state index contributed by atoms with van der Waals surface area (Å²) in [4.78, 5) is 9.01. The Kier molecular flexibility index (Phi) is 4.48. The molecule has 2 heterocycles. The molecule has 140 valence electrons. The average molecular weight is 385 g/mol. The maximum absolute atomic E-state index is 5.20. The number of aliphatic imine (C=N–C) groups is 1. The first-order valence-corrected chi connectivity index (χ1v) is 10.8. The predicted molar refractivity (Wildman–Crippen MR) is 120 cm³/mol. The molecule has 1 unspecified atom stereocenters. The molecule has 2 aromatic rings. The lowest BCUT2D eigenvalue weighted by Crippen LogP contribution is -2.34. The van der Waals surface area contributed by atoms with E-state index in [1.807, 2.05) is 11.8 Å². The van der Waals surface area contributed by atoms with Crippen LogP contribution >= 0.6 is 11.8 Å². The van der Waals surface area contributed by atoms with E-state index >= 15 is 0 Å². The van der Waals surface area contributed by atoms with Crippen LogP contribution in [0.15, 0.2) is 93.1 Å². The molecule has 5 rings (SSSR count). The molecule has 3 aliphatic rings. The SMILES string of the molecule is CC1=C(C)N2C(=NC3=C(CCCC3=Cc3ccccc3)C2c2ccccc2)S1. The highest BCUT2D eigenvalue weighted by Crippen LogP contribution is 2.50. The lowest BCUT2D eigenvalue weighted by atomic mass is 9.83. The third kappa shape index (κ3) is 2.94. The minimum atomic E-state index is 0.258. The molecule has 3 heteroatoms. The standard InChI is InChI=1S/C25H24N2S/c1-17-18(2)28-25-26-23-21(16-19-10-5-3-6-11-19)14-9-15-22(23)24(27(17)25)20-12-7-4-8-13-20/h3-8,10-13,16,24H,9,14-15H2,1-2H3. The van der Waals surface area contributed by atoms with Crippen LogP contribution in [0.2, 0.25) is 0 Å². The van der Waals surface area contributed by atoms with Crippen LogP contribution in [0, 0.1) is 0 Å². The van der Waals surface area contributed by atoms with Crippen LogP contribution in [-0.2, 0) is 0 Å². The number of fused-ring (bicyclic) bond motifs is 1. The van der Waals surface area contributed by atoms with Crippen molar-refractivity contribution in [1.82, 2.24) is 4.90 Å². The van der Waals surface area contributed by atoms with Gasteiger partial charge in [0.2, 0.25) is 0 Å². The van der Waals surface area contributed by atoms with Crippen molar-refractivity contribution in [3.05, 3.63) is 99.2 Å². The van der Waals surface area contributed by atoms with Gasteiger partial charge in [-0.1, -0.05) is 72.4 Å². The Balaban J connectivity index is 1.67. The molecule has 28 heavy (non-hydrogen) atoms. The lowest BCUT2D eigenvalue weighted by molar-refractivity contribution is 0.411. The monoisotopic (exact) mass is 384 g/mol. The average Bonchev–Trinajstić information content (AvgIpc) is 3.02. The molecule has 2 aromatic carbocycles. The van der Waals surface area contributed by atoms with E-state index in [9.17, 15) is 0 Å². The maximum Gasteiger partial charge on any atom is 0.174 e. The molecule has 1 aliphatic carbocycles. The molecule has 0 N–H and O–H groups in total. The van der Waals surface area contributed by atoms with Crippen molar-refractivity contribution in [1.29, 1.82) is 0 Å². The van der Waals surface area contributed by atoms with E-state index in [2.05, 4.69) is 85.5 Å². The zero-order valence-corrected chi connectivity index (χ0v) is 17.2. The quantitative estimate of drug-likeness (QED) is 0.558. The van der Waals surface area contributed by atoms with Gasteiger partial charge in [-0.05, 0) is 61.5 Å². The van der Waals surface area contributed by atoms with E-state index in [0.717, 1.165) is 18.0 Å². The van der Waals surface area contributed by atoms with Gasteiger partial charge in [0.05, 0.1) is 11.7 Å². The van der Waals surface area contributed by atoms with Gasteiger partial charge in [-0.15, -0.1) is 0 Å². The predicted octanol–water partition coefficient (Wildman–Crippen LogP) is 6.92. The van der Waals surface area contributed by atoms with Crippen LogP contribution in [0.5, 0.6) is 0 Å². The summed E-state index contributed by atoms with van der Waals surface area (Å²) in [5.74, 6) is 0. The number of hydrogen-bond acceptors (Lipinski definition) is 3. The Hall–Kier alpha value is -2.52. The van der Waals surface area contributed by atoms with E-state index in [0.29, 0.717) is 0 Å². The summed E-state index contributed by atoms with van der Waals surface area (Å²) in [6.45, 7) is 4.44. The fourth-order valence-corrected chi connectivity index (χ4v) is 5.40. The van der Waals surface area contributed by atoms with Crippen molar-refractivity contribution < 1.29 is 0 Å². The molecular weight excluding hydrogens is 360 g/mol. The van der Waals surface area contributed by atoms with Crippen molar-refractivity contribution in [2.24, 2.45) is 4.99 Å². The normalized spacial score (nSPS) is 23.1. The summed E-state index contributed by atoms with van der Waals surface area (Å²) in [6, 6.07) is 21.8. The van der Waals surface area contributed by atoms with Gasteiger partial charge in [0.1, 0.15) is 0 Å². The summed E-state index contributed by atoms with van der Waals surface area (Å²) < 4.78 is 0. The summed E-state index contributed by atoms with van der Waals surface area (Å²) >= 11 is 1.81. The van der Waals surface area contributed by atoms with E-state index in [-0.39, 0.29) is 6.04 Å². The number of allylic oxidation sites excluding steroid dienone is 3. The molecule has 0 aromatic heterocycles. The van der Waals surface area contributed by atoms with Gasteiger partial charge < -0.3 is 4.90 Å². The second kappa shape index (κ2) is 7.14. The molecule has 0 spiro atoms. The number of amidine groups is 1. The zero-order valence-electron chi connectivity index (χ0n) is 16.4. The second-order valence-electron chi connectivity index (χ2n) is 7.63. The van der Waals surface area contributed by atoms with Crippen LogP contribution < -0.4 is 0 Å². The van der Waals surface area contributed by atoms with E-state index in [1.165, 1.54) is 45.0 Å². The van der Waals surface area contributed by atoms with Gasteiger partial charge in [0.25, 0.3) is 0 Å². The van der Waals surface area contributed by atoms with Gasteiger partial charge in [-0.25, -0.2) is 4.99 Å². The van der Waals surface area contributed by atoms with Crippen molar-refractivity contribution in [2.45, 2.75) is 39.2 Å². The Morgan fingerprint density at radius 3 is 2.43 bits per heavy atom. The number of benzene rings is 2. The molecule has 0 amide bonds. The van der Waals surface area contributed by atoms with Gasteiger partial charge in [0.15, 0.2) is 5.17 Å². The first kappa shape index (κ1) is 17.6.